The molecule has 1 unspecified atom stereocenters. The van der Waals surface area contributed by atoms with E-state index < -0.39 is 29.7 Å². The van der Waals surface area contributed by atoms with Crippen molar-refractivity contribution in [1.29, 1.82) is 0 Å². The van der Waals surface area contributed by atoms with Crippen LogP contribution < -0.4 is 5.32 Å². The molecule has 0 aliphatic carbocycles. The minimum absolute atomic E-state index is 0.342. The molecule has 1 N–H and O–H groups in total. The third-order valence-corrected chi connectivity index (χ3v) is 6.20. The Labute approximate surface area is 188 Å². The van der Waals surface area contributed by atoms with E-state index in [1.807, 2.05) is 54.6 Å². The maximum absolute atomic E-state index is 13.2. The van der Waals surface area contributed by atoms with E-state index in [-0.39, 0.29) is 0 Å². The number of hydrogen-bond acceptors (Lipinski definition) is 5. The van der Waals surface area contributed by atoms with E-state index in [0.29, 0.717) is 12.1 Å². The number of halogens is 1. The highest BCUT2D eigenvalue weighted by atomic mass is 32.1. The van der Waals surface area contributed by atoms with Crippen LogP contribution in [-0.2, 0) is 26.2 Å². The summed E-state index contributed by atoms with van der Waals surface area (Å²) in [5.74, 6) is -1.42. The lowest BCUT2D eigenvalue weighted by Crippen LogP contribution is -2.38. The first-order valence-corrected chi connectivity index (χ1v) is 10.9. The van der Waals surface area contributed by atoms with E-state index in [0.717, 1.165) is 20.8 Å². The lowest BCUT2D eigenvalue weighted by molar-refractivity contribution is -0.153. The summed E-state index contributed by atoms with van der Waals surface area (Å²) in [6.45, 7) is 1.35. The highest BCUT2D eigenvalue weighted by Crippen LogP contribution is 2.33. The van der Waals surface area contributed by atoms with Gasteiger partial charge in [-0.25, -0.2) is 9.37 Å². The Bertz CT molecular complexity index is 1210. The second kappa shape index (κ2) is 9.28. The largest absolute Gasteiger partial charge is 0.455 e. The number of amides is 1. The van der Waals surface area contributed by atoms with Crippen molar-refractivity contribution in [3.05, 3.63) is 95.3 Å². The first-order chi connectivity index (χ1) is 15.4. The zero-order chi connectivity index (χ0) is 22.6. The Hall–Kier alpha value is -3.58. The molecule has 3 aromatic carbocycles. The Kier molecular flexibility index (Phi) is 6.28. The summed E-state index contributed by atoms with van der Waals surface area (Å²) in [5, 5.41) is 3.40. The van der Waals surface area contributed by atoms with Crippen LogP contribution >= 0.6 is 11.3 Å². The van der Waals surface area contributed by atoms with Crippen LogP contribution in [0, 0.1) is 5.82 Å². The SMILES string of the molecule is CC(Cc1nc2ccccc2s1)(C(=O)OCC(=O)Nc1ccc(F)cc1)c1ccccc1. The van der Waals surface area contributed by atoms with Crippen LogP contribution in [0.2, 0.25) is 0 Å². The summed E-state index contributed by atoms with van der Waals surface area (Å²) in [4.78, 5) is 30.1. The Balaban J connectivity index is 1.51. The van der Waals surface area contributed by atoms with Crippen molar-refractivity contribution < 1.29 is 18.7 Å². The molecule has 0 radical (unpaired) electrons. The number of nitrogens with one attached hydrogen (secondary N) is 1. The summed E-state index contributed by atoms with van der Waals surface area (Å²) in [6.07, 6.45) is 0.342. The molecular weight excluding hydrogens is 427 g/mol. The zero-order valence-electron chi connectivity index (χ0n) is 17.4. The van der Waals surface area contributed by atoms with Crippen LogP contribution in [0.15, 0.2) is 78.9 Å². The van der Waals surface area contributed by atoms with Gasteiger partial charge in [0.25, 0.3) is 5.91 Å². The third kappa shape index (κ3) is 4.84. The van der Waals surface area contributed by atoms with Gasteiger partial charge in [0.15, 0.2) is 6.61 Å². The number of esters is 1. The molecule has 162 valence electrons. The van der Waals surface area contributed by atoms with Gasteiger partial charge >= 0.3 is 5.97 Å². The summed E-state index contributed by atoms with van der Waals surface area (Å²) in [6, 6.07) is 22.5. The summed E-state index contributed by atoms with van der Waals surface area (Å²) < 4.78 is 19.5. The van der Waals surface area contributed by atoms with Crippen molar-refractivity contribution >= 4 is 39.1 Å². The first kappa shape index (κ1) is 21.6. The third-order valence-electron chi connectivity index (χ3n) is 5.17. The molecule has 5 nitrogen and oxygen atoms in total. The van der Waals surface area contributed by atoms with Gasteiger partial charge in [-0.2, -0.15) is 0 Å². The smallest absolute Gasteiger partial charge is 0.317 e. The lowest BCUT2D eigenvalue weighted by Gasteiger charge is -2.27. The zero-order valence-corrected chi connectivity index (χ0v) is 18.2. The van der Waals surface area contributed by atoms with Gasteiger partial charge in [-0.1, -0.05) is 42.5 Å². The molecule has 32 heavy (non-hydrogen) atoms. The second-order valence-electron chi connectivity index (χ2n) is 7.58. The summed E-state index contributed by atoms with van der Waals surface area (Å²) in [5.41, 5.74) is 1.07. The van der Waals surface area contributed by atoms with Gasteiger partial charge < -0.3 is 10.1 Å². The molecule has 1 atom stereocenters. The minimum Gasteiger partial charge on any atom is -0.455 e. The molecule has 0 spiro atoms. The van der Waals surface area contributed by atoms with E-state index in [4.69, 9.17) is 4.74 Å². The number of para-hydroxylation sites is 1. The van der Waals surface area contributed by atoms with Crippen LogP contribution in [-0.4, -0.2) is 23.5 Å². The number of aromatic nitrogens is 1. The predicted octanol–water partition coefficient (Wildman–Crippen LogP) is 5.12. The molecule has 0 aliphatic rings. The van der Waals surface area contributed by atoms with Gasteiger partial charge in [0.1, 0.15) is 5.82 Å². The predicted molar refractivity (Wildman–Crippen MR) is 123 cm³/mol. The van der Waals surface area contributed by atoms with E-state index in [1.165, 1.54) is 35.6 Å². The average Bonchev–Trinajstić information content (AvgIpc) is 3.21. The number of hydrogen-bond donors (Lipinski definition) is 1. The van der Waals surface area contributed by atoms with Gasteiger partial charge in [0.2, 0.25) is 0 Å². The average molecular weight is 449 g/mol. The maximum Gasteiger partial charge on any atom is 0.317 e. The van der Waals surface area contributed by atoms with E-state index in [1.54, 1.807) is 6.92 Å². The van der Waals surface area contributed by atoms with Crippen LogP contribution in [0.25, 0.3) is 10.2 Å². The number of ether oxygens (including phenoxy) is 1. The number of thiazole rings is 1. The molecular formula is C25H21FN2O3S. The number of carbonyl (C=O) groups excluding carboxylic acids is 2. The molecule has 4 aromatic rings. The summed E-state index contributed by atoms with van der Waals surface area (Å²) in [7, 11) is 0. The van der Waals surface area contributed by atoms with E-state index in [9.17, 15) is 14.0 Å². The molecule has 0 aliphatic heterocycles. The minimum atomic E-state index is -1.02. The normalized spacial score (nSPS) is 12.8. The van der Waals surface area contributed by atoms with Crippen molar-refractivity contribution in [3.8, 4) is 0 Å². The Morgan fingerprint density at radius 1 is 1.00 bits per heavy atom. The van der Waals surface area contributed by atoms with Crippen molar-refractivity contribution in [1.82, 2.24) is 4.98 Å². The maximum atomic E-state index is 13.2. The van der Waals surface area contributed by atoms with Crippen LogP contribution in [0.5, 0.6) is 0 Å². The molecule has 0 saturated heterocycles. The number of benzene rings is 3. The number of carbonyl (C=O) groups is 2. The van der Waals surface area contributed by atoms with Gasteiger partial charge in [0, 0.05) is 12.1 Å². The number of anilines is 1. The van der Waals surface area contributed by atoms with Gasteiger partial charge in [-0.05, 0) is 48.9 Å². The van der Waals surface area contributed by atoms with Crippen LogP contribution in [0.4, 0.5) is 10.1 Å². The summed E-state index contributed by atoms with van der Waals surface area (Å²) >= 11 is 1.53. The highest BCUT2D eigenvalue weighted by molar-refractivity contribution is 7.18. The molecule has 1 aromatic heterocycles. The standard InChI is InChI=1S/C25H21FN2O3S/c1-25(17-7-3-2-4-8-17,15-23-28-20-9-5-6-10-21(20)32-23)24(30)31-16-22(29)27-19-13-11-18(26)12-14-19/h2-14H,15-16H2,1H3,(H,27,29). The topological polar surface area (TPSA) is 68.3 Å². The number of rotatable bonds is 7. The molecule has 0 fully saturated rings. The Morgan fingerprint density at radius 3 is 2.41 bits per heavy atom. The molecule has 0 bridgehead atoms. The van der Waals surface area contributed by atoms with Crippen LogP contribution in [0.1, 0.15) is 17.5 Å². The van der Waals surface area contributed by atoms with Crippen molar-refractivity contribution in [3.63, 3.8) is 0 Å². The molecule has 0 saturated carbocycles. The quantitative estimate of drug-likeness (QED) is 0.399. The van der Waals surface area contributed by atoms with Crippen molar-refractivity contribution in [2.24, 2.45) is 0 Å². The monoisotopic (exact) mass is 448 g/mol. The van der Waals surface area contributed by atoms with E-state index in [2.05, 4.69) is 10.3 Å². The highest BCUT2D eigenvalue weighted by Gasteiger charge is 2.38. The molecule has 1 amide bonds. The fourth-order valence-corrected chi connectivity index (χ4v) is 4.54. The fraction of sp³-hybridized carbons (Fsp3) is 0.160. The fourth-order valence-electron chi connectivity index (χ4n) is 3.42. The molecule has 4 rings (SSSR count). The van der Waals surface area contributed by atoms with Gasteiger partial charge in [0.05, 0.1) is 20.6 Å². The van der Waals surface area contributed by atoms with Crippen molar-refractivity contribution in [2.75, 3.05) is 11.9 Å². The number of nitrogens with zero attached hydrogens (tertiary/aromatic N) is 1. The van der Waals surface area contributed by atoms with Crippen LogP contribution in [0.3, 0.4) is 0 Å². The molecule has 1 heterocycles. The number of fused-ring (bicyclic) bond motifs is 1. The van der Waals surface area contributed by atoms with Gasteiger partial charge in [-0.15, -0.1) is 11.3 Å². The van der Waals surface area contributed by atoms with Gasteiger partial charge in [-0.3, -0.25) is 9.59 Å². The van der Waals surface area contributed by atoms with Crippen molar-refractivity contribution in [2.45, 2.75) is 18.8 Å². The second-order valence-corrected chi connectivity index (χ2v) is 8.70. The Morgan fingerprint density at radius 2 is 1.69 bits per heavy atom. The first-order valence-electron chi connectivity index (χ1n) is 10.1. The molecule has 7 heteroatoms. The van der Waals surface area contributed by atoms with E-state index >= 15 is 0 Å². The lowest BCUT2D eigenvalue weighted by atomic mass is 9.79.